The molecule has 2 aromatic rings. The second kappa shape index (κ2) is 12.8. The van der Waals surface area contributed by atoms with Crippen molar-refractivity contribution in [3.05, 3.63) is 63.6 Å². The lowest BCUT2D eigenvalue weighted by Gasteiger charge is -2.32. The van der Waals surface area contributed by atoms with Crippen LogP contribution in [0.25, 0.3) is 0 Å². The van der Waals surface area contributed by atoms with Crippen LogP contribution in [0, 0.1) is 0 Å². The quantitative estimate of drug-likeness (QED) is 0.373. The summed E-state index contributed by atoms with van der Waals surface area (Å²) in [6.07, 6.45) is -2.47. The SMILES string of the molecule is CCCCNC(=O)[C@H](C)N(Cc1cccc(Cl)c1)C(=O)CN(c1cc(C(F)(F)F)ccc1Cl)S(C)(=O)=O. The van der Waals surface area contributed by atoms with E-state index in [4.69, 9.17) is 23.2 Å². The highest BCUT2D eigenvalue weighted by Crippen LogP contribution is 2.36. The van der Waals surface area contributed by atoms with Crippen molar-refractivity contribution in [2.75, 3.05) is 23.7 Å². The summed E-state index contributed by atoms with van der Waals surface area (Å²) >= 11 is 12.1. The Morgan fingerprint density at radius 1 is 1.11 bits per heavy atom. The summed E-state index contributed by atoms with van der Waals surface area (Å²) in [7, 11) is -4.26. The van der Waals surface area contributed by atoms with Gasteiger partial charge in [-0.25, -0.2) is 8.42 Å². The number of hydrogen-bond acceptors (Lipinski definition) is 4. The van der Waals surface area contributed by atoms with Crippen LogP contribution in [0.3, 0.4) is 0 Å². The molecule has 0 fully saturated rings. The molecule has 7 nitrogen and oxygen atoms in total. The van der Waals surface area contributed by atoms with E-state index in [1.807, 2.05) is 6.92 Å². The van der Waals surface area contributed by atoms with Gasteiger partial charge in [-0.05, 0) is 49.2 Å². The number of carbonyl (C=O) groups is 2. The maximum Gasteiger partial charge on any atom is 0.416 e. The molecule has 2 aromatic carbocycles. The van der Waals surface area contributed by atoms with Crippen molar-refractivity contribution in [1.29, 1.82) is 0 Å². The molecule has 0 aliphatic carbocycles. The number of nitrogens with zero attached hydrogens (tertiary/aromatic N) is 2. The number of amides is 2. The van der Waals surface area contributed by atoms with Gasteiger partial charge in [0.15, 0.2) is 0 Å². The molecule has 0 unspecified atom stereocenters. The summed E-state index contributed by atoms with van der Waals surface area (Å²) in [6, 6.07) is 7.70. The third-order valence-electron chi connectivity index (χ3n) is 5.46. The molecule has 0 spiro atoms. The molecule has 37 heavy (non-hydrogen) atoms. The van der Waals surface area contributed by atoms with E-state index in [0.29, 0.717) is 33.6 Å². The molecule has 0 saturated carbocycles. The largest absolute Gasteiger partial charge is 0.416 e. The average Bonchev–Trinajstić information content (AvgIpc) is 2.79. The zero-order chi connectivity index (χ0) is 28.0. The molecule has 13 heteroatoms. The molecular weight excluding hydrogens is 554 g/mol. The summed E-state index contributed by atoms with van der Waals surface area (Å²) in [5.74, 6) is -1.29. The van der Waals surface area contributed by atoms with Crippen molar-refractivity contribution >= 4 is 50.7 Å². The molecule has 0 radical (unpaired) electrons. The number of rotatable bonds is 11. The van der Waals surface area contributed by atoms with Crippen molar-refractivity contribution in [2.24, 2.45) is 0 Å². The number of alkyl halides is 3. The topological polar surface area (TPSA) is 86.8 Å². The van der Waals surface area contributed by atoms with Crippen molar-refractivity contribution in [1.82, 2.24) is 10.2 Å². The highest BCUT2D eigenvalue weighted by atomic mass is 35.5. The first-order valence-electron chi connectivity index (χ1n) is 11.3. The minimum atomic E-state index is -4.77. The molecule has 2 rings (SSSR count). The lowest BCUT2D eigenvalue weighted by molar-refractivity contribution is -0.139. The first-order chi connectivity index (χ1) is 17.1. The van der Waals surface area contributed by atoms with Crippen LogP contribution < -0.4 is 9.62 Å². The number of nitrogens with one attached hydrogen (secondary N) is 1. The summed E-state index contributed by atoms with van der Waals surface area (Å²) in [5.41, 5.74) is -1.07. The van der Waals surface area contributed by atoms with Gasteiger partial charge in [-0.1, -0.05) is 48.7 Å². The fourth-order valence-corrected chi connectivity index (χ4v) is 4.76. The van der Waals surface area contributed by atoms with Crippen LogP contribution in [0.4, 0.5) is 18.9 Å². The molecule has 0 heterocycles. The van der Waals surface area contributed by atoms with Crippen molar-refractivity contribution in [3.63, 3.8) is 0 Å². The number of sulfonamides is 1. The van der Waals surface area contributed by atoms with Crippen LogP contribution in [0.15, 0.2) is 42.5 Å². The predicted octanol–water partition coefficient (Wildman–Crippen LogP) is 5.11. The van der Waals surface area contributed by atoms with Crippen molar-refractivity contribution in [3.8, 4) is 0 Å². The van der Waals surface area contributed by atoms with Gasteiger partial charge in [0, 0.05) is 18.1 Å². The molecule has 0 aromatic heterocycles. The normalized spacial score (nSPS) is 12.6. The number of unbranched alkanes of at least 4 members (excludes halogenated alkanes) is 1. The Bertz CT molecular complexity index is 1230. The molecule has 0 saturated heterocycles. The molecule has 0 bridgehead atoms. The monoisotopic (exact) mass is 581 g/mol. The lowest BCUT2D eigenvalue weighted by Crippen LogP contribution is -2.51. The second-order valence-corrected chi connectivity index (χ2v) is 11.2. The van der Waals surface area contributed by atoms with Crippen LogP contribution in [-0.2, 0) is 32.3 Å². The minimum absolute atomic E-state index is 0.102. The first-order valence-corrected chi connectivity index (χ1v) is 13.9. The van der Waals surface area contributed by atoms with Gasteiger partial charge in [-0.15, -0.1) is 0 Å². The number of benzene rings is 2. The molecule has 0 aliphatic heterocycles. The van der Waals surface area contributed by atoms with Gasteiger partial charge < -0.3 is 10.2 Å². The molecule has 204 valence electrons. The van der Waals surface area contributed by atoms with Crippen LogP contribution in [0.5, 0.6) is 0 Å². The Morgan fingerprint density at radius 2 is 1.78 bits per heavy atom. The maximum absolute atomic E-state index is 13.5. The van der Waals surface area contributed by atoms with Crippen LogP contribution in [0.1, 0.15) is 37.8 Å². The third kappa shape index (κ3) is 8.79. The highest BCUT2D eigenvalue weighted by molar-refractivity contribution is 7.92. The Kier molecular flexibility index (Phi) is 10.7. The van der Waals surface area contributed by atoms with E-state index < -0.39 is 51.9 Å². The summed E-state index contributed by atoms with van der Waals surface area (Å²) in [4.78, 5) is 27.4. The first kappa shape index (κ1) is 30.7. The Labute approximate surface area is 224 Å². The van der Waals surface area contributed by atoms with Crippen molar-refractivity contribution < 1.29 is 31.2 Å². The van der Waals surface area contributed by atoms with Gasteiger partial charge in [-0.3, -0.25) is 13.9 Å². The molecule has 1 N–H and O–H groups in total. The van der Waals surface area contributed by atoms with E-state index in [1.54, 1.807) is 24.3 Å². The maximum atomic E-state index is 13.5. The lowest BCUT2D eigenvalue weighted by atomic mass is 10.1. The van der Waals surface area contributed by atoms with E-state index in [0.717, 1.165) is 30.1 Å². The van der Waals surface area contributed by atoms with E-state index >= 15 is 0 Å². The Morgan fingerprint density at radius 3 is 2.35 bits per heavy atom. The molecule has 2 amide bonds. The van der Waals surface area contributed by atoms with Gasteiger partial charge in [-0.2, -0.15) is 13.2 Å². The van der Waals surface area contributed by atoms with Gasteiger partial charge in [0.25, 0.3) is 0 Å². The summed E-state index contributed by atoms with van der Waals surface area (Å²) in [5, 5.41) is 2.82. The third-order valence-corrected chi connectivity index (χ3v) is 7.14. The van der Waals surface area contributed by atoms with E-state index in [9.17, 15) is 31.2 Å². The van der Waals surface area contributed by atoms with Crippen LogP contribution in [0.2, 0.25) is 10.0 Å². The Hall–Kier alpha value is -2.50. The van der Waals surface area contributed by atoms with Gasteiger partial charge >= 0.3 is 6.18 Å². The predicted molar refractivity (Wildman–Crippen MR) is 138 cm³/mol. The minimum Gasteiger partial charge on any atom is -0.354 e. The van der Waals surface area contributed by atoms with E-state index in [2.05, 4.69) is 5.32 Å². The highest BCUT2D eigenvalue weighted by Gasteiger charge is 2.34. The van der Waals surface area contributed by atoms with Crippen molar-refractivity contribution in [2.45, 2.75) is 45.5 Å². The second-order valence-electron chi connectivity index (χ2n) is 8.41. The number of carbonyl (C=O) groups excluding carboxylic acids is 2. The standard InChI is InChI=1S/C24H28Cl2F3N3O4S/c1-4-5-11-30-23(34)16(2)31(14-17-7-6-8-19(25)12-17)22(33)15-32(37(3,35)36)21-13-18(24(27,28)29)9-10-20(21)26/h6-10,12-13,16H,4-5,11,14-15H2,1-3H3,(H,30,34)/t16-/m0/s1. The summed E-state index contributed by atoms with van der Waals surface area (Å²) in [6.45, 7) is 2.83. The smallest absolute Gasteiger partial charge is 0.354 e. The average molecular weight is 582 g/mol. The number of anilines is 1. The van der Waals surface area contributed by atoms with Gasteiger partial charge in [0.2, 0.25) is 21.8 Å². The molecular formula is C24H28Cl2F3N3O4S. The van der Waals surface area contributed by atoms with Gasteiger partial charge in [0.1, 0.15) is 12.6 Å². The summed E-state index contributed by atoms with van der Waals surface area (Å²) < 4.78 is 65.6. The number of hydrogen-bond donors (Lipinski definition) is 1. The van der Waals surface area contributed by atoms with Gasteiger partial charge in [0.05, 0.1) is 22.5 Å². The zero-order valence-electron chi connectivity index (χ0n) is 20.5. The van der Waals surface area contributed by atoms with E-state index in [-0.39, 0.29) is 11.6 Å². The van der Waals surface area contributed by atoms with Crippen LogP contribution >= 0.6 is 23.2 Å². The fourth-order valence-electron chi connectivity index (χ4n) is 3.43. The van der Waals surface area contributed by atoms with Crippen LogP contribution in [-0.4, -0.2) is 50.5 Å². The fraction of sp³-hybridized carbons (Fsp3) is 0.417. The Balaban J connectivity index is 2.46. The zero-order valence-corrected chi connectivity index (χ0v) is 22.8. The van der Waals surface area contributed by atoms with E-state index in [1.165, 1.54) is 6.92 Å². The molecule has 1 atom stereocenters. The number of halogens is 5. The molecule has 0 aliphatic rings.